The lowest BCUT2D eigenvalue weighted by atomic mass is 10.1. The van der Waals surface area contributed by atoms with E-state index in [4.69, 9.17) is 11.6 Å². The lowest BCUT2D eigenvalue weighted by molar-refractivity contribution is 0.615. The topological polar surface area (TPSA) is 0 Å². The number of hydrogen-bond donors (Lipinski definition) is 0. The molecular weight excluding hydrogens is 204 g/mol. The summed E-state index contributed by atoms with van der Waals surface area (Å²) < 4.78 is 0. The third kappa shape index (κ3) is 13.6. The van der Waals surface area contributed by atoms with Crippen LogP contribution in [0.1, 0.15) is 58.3 Å². The largest absolute Gasteiger partial charge is 0.127 e. The first-order chi connectivity index (χ1) is 7.41. The molecule has 0 heterocycles. The summed E-state index contributed by atoms with van der Waals surface area (Å²) in [7, 11) is 0. The van der Waals surface area contributed by atoms with Gasteiger partial charge in [-0.15, -0.1) is 11.6 Å². The molecule has 0 aliphatic carbocycles. The van der Waals surface area contributed by atoms with Gasteiger partial charge in [-0.05, 0) is 25.3 Å². The van der Waals surface area contributed by atoms with Crippen LogP contribution in [0.25, 0.3) is 0 Å². The van der Waals surface area contributed by atoms with E-state index in [2.05, 4.69) is 24.8 Å². The van der Waals surface area contributed by atoms with E-state index in [1.54, 1.807) is 0 Å². The van der Waals surface area contributed by atoms with Crippen molar-refractivity contribution < 1.29 is 0 Å². The monoisotopic (exact) mass is 226 g/mol. The second kappa shape index (κ2) is 13.6. The molecule has 0 fully saturated rings. The van der Waals surface area contributed by atoms with E-state index in [0.29, 0.717) is 0 Å². The summed E-state index contributed by atoms with van der Waals surface area (Å²) in [6, 6.07) is 0. The zero-order valence-corrected chi connectivity index (χ0v) is 10.7. The molecule has 0 N–H and O–H groups in total. The molecule has 0 bridgehead atoms. The third-order valence-corrected chi connectivity index (χ3v) is 2.49. The third-order valence-electron chi connectivity index (χ3n) is 2.22. The Morgan fingerprint density at radius 2 is 1.67 bits per heavy atom. The molecule has 0 aliphatic rings. The highest BCUT2D eigenvalue weighted by Crippen LogP contribution is 2.07. The van der Waals surface area contributed by atoms with Crippen LogP contribution in [-0.4, -0.2) is 5.88 Å². The van der Waals surface area contributed by atoms with Gasteiger partial charge >= 0.3 is 0 Å². The molecule has 0 amide bonds. The van der Waals surface area contributed by atoms with E-state index in [9.17, 15) is 0 Å². The van der Waals surface area contributed by atoms with Crippen LogP contribution in [0.5, 0.6) is 0 Å². The summed E-state index contributed by atoms with van der Waals surface area (Å²) in [5.41, 5.74) is 0. The van der Waals surface area contributed by atoms with Gasteiger partial charge in [0.15, 0.2) is 0 Å². The van der Waals surface area contributed by atoms with Crippen molar-refractivity contribution in [2.75, 3.05) is 5.88 Å². The van der Waals surface area contributed by atoms with Crippen molar-refractivity contribution in [3.8, 4) is 11.8 Å². The average molecular weight is 227 g/mol. The lowest BCUT2D eigenvalue weighted by Crippen LogP contribution is -1.80. The van der Waals surface area contributed by atoms with E-state index in [1.165, 1.54) is 38.5 Å². The first-order valence-electron chi connectivity index (χ1n) is 6.11. The van der Waals surface area contributed by atoms with Crippen LogP contribution in [0.15, 0.2) is 12.2 Å². The molecule has 0 saturated carbocycles. The van der Waals surface area contributed by atoms with Crippen molar-refractivity contribution in [2.24, 2.45) is 0 Å². The standard InChI is InChI=1S/C14H23Cl/c1-2-3-4-5-6-7-8-9-10-11-12-13-14-15/h3-4H,2,7-14H2,1H3/b4-3-. The number of hydrogen-bond acceptors (Lipinski definition) is 0. The van der Waals surface area contributed by atoms with Gasteiger partial charge in [0.25, 0.3) is 0 Å². The van der Waals surface area contributed by atoms with E-state index < -0.39 is 0 Å². The summed E-state index contributed by atoms with van der Waals surface area (Å²) in [6.07, 6.45) is 13.9. The normalized spacial score (nSPS) is 10.3. The number of halogens is 1. The molecule has 0 aliphatic heterocycles. The first kappa shape index (κ1) is 14.6. The summed E-state index contributed by atoms with van der Waals surface area (Å²) in [4.78, 5) is 0. The Bertz CT molecular complexity index is 195. The van der Waals surface area contributed by atoms with Gasteiger partial charge in [0, 0.05) is 12.3 Å². The quantitative estimate of drug-likeness (QED) is 0.313. The minimum atomic E-state index is 0.815. The van der Waals surface area contributed by atoms with Gasteiger partial charge in [-0.1, -0.05) is 50.5 Å². The van der Waals surface area contributed by atoms with Crippen molar-refractivity contribution >= 4 is 11.6 Å². The van der Waals surface area contributed by atoms with Crippen LogP contribution >= 0.6 is 11.6 Å². The molecule has 86 valence electrons. The SMILES string of the molecule is CC/C=C\C#CCCCCCCCCCl. The Morgan fingerprint density at radius 3 is 2.33 bits per heavy atom. The van der Waals surface area contributed by atoms with Crippen LogP contribution in [0, 0.1) is 11.8 Å². The summed E-state index contributed by atoms with van der Waals surface area (Å²) in [5, 5.41) is 0. The number of alkyl halides is 1. The average Bonchev–Trinajstić information content (AvgIpc) is 2.26. The van der Waals surface area contributed by atoms with Gasteiger partial charge in [0.1, 0.15) is 0 Å². The molecule has 1 heteroatoms. The molecule has 0 aromatic carbocycles. The van der Waals surface area contributed by atoms with Crippen molar-refractivity contribution in [3.63, 3.8) is 0 Å². The highest BCUT2D eigenvalue weighted by atomic mass is 35.5. The second-order valence-electron chi connectivity index (χ2n) is 3.69. The Kier molecular flexibility index (Phi) is 13.2. The number of allylic oxidation sites excluding steroid dienone is 2. The Morgan fingerprint density at radius 1 is 1.00 bits per heavy atom. The van der Waals surface area contributed by atoms with Gasteiger partial charge in [-0.25, -0.2) is 0 Å². The van der Waals surface area contributed by atoms with Crippen LogP contribution in [-0.2, 0) is 0 Å². The van der Waals surface area contributed by atoms with E-state index in [0.717, 1.165) is 18.7 Å². The summed E-state index contributed by atoms with van der Waals surface area (Å²) in [6.45, 7) is 2.12. The maximum Gasteiger partial charge on any atom is 0.0223 e. The highest BCUT2D eigenvalue weighted by molar-refractivity contribution is 6.17. The molecule has 0 rings (SSSR count). The van der Waals surface area contributed by atoms with E-state index in [-0.39, 0.29) is 0 Å². The molecule has 0 spiro atoms. The molecule has 0 aromatic rings. The Balaban J connectivity index is 3.09. The van der Waals surface area contributed by atoms with Gasteiger partial charge < -0.3 is 0 Å². The number of unbranched alkanes of at least 4 members (excludes halogenated alkanes) is 6. The van der Waals surface area contributed by atoms with Crippen LogP contribution in [0.4, 0.5) is 0 Å². The van der Waals surface area contributed by atoms with Crippen molar-refractivity contribution in [2.45, 2.75) is 58.3 Å². The fourth-order valence-corrected chi connectivity index (χ4v) is 1.51. The van der Waals surface area contributed by atoms with Crippen molar-refractivity contribution in [1.29, 1.82) is 0 Å². The van der Waals surface area contributed by atoms with E-state index in [1.807, 2.05) is 6.08 Å². The van der Waals surface area contributed by atoms with Gasteiger partial charge in [0.2, 0.25) is 0 Å². The number of rotatable bonds is 8. The molecule has 0 radical (unpaired) electrons. The smallest absolute Gasteiger partial charge is 0.0223 e. The van der Waals surface area contributed by atoms with Crippen LogP contribution in [0.2, 0.25) is 0 Å². The first-order valence-corrected chi connectivity index (χ1v) is 6.64. The highest BCUT2D eigenvalue weighted by Gasteiger charge is 1.89. The second-order valence-corrected chi connectivity index (χ2v) is 4.07. The van der Waals surface area contributed by atoms with Crippen LogP contribution < -0.4 is 0 Å². The molecule has 0 unspecified atom stereocenters. The minimum Gasteiger partial charge on any atom is -0.127 e. The maximum absolute atomic E-state index is 5.60. The van der Waals surface area contributed by atoms with E-state index >= 15 is 0 Å². The zero-order valence-electron chi connectivity index (χ0n) is 9.90. The Labute approximate surface area is 100 Å². The molecule has 0 atom stereocenters. The predicted molar refractivity (Wildman–Crippen MR) is 70.2 cm³/mol. The Hall–Kier alpha value is -0.410. The molecule has 0 aromatic heterocycles. The molecule has 0 saturated heterocycles. The molecular formula is C14H23Cl. The maximum atomic E-state index is 5.60. The summed E-state index contributed by atoms with van der Waals surface area (Å²) in [5.74, 6) is 7.03. The molecule has 15 heavy (non-hydrogen) atoms. The lowest BCUT2D eigenvalue weighted by Gasteiger charge is -1.97. The fraction of sp³-hybridized carbons (Fsp3) is 0.714. The van der Waals surface area contributed by atoms with Gasteiger partial charge in [0.05, 0.1) is 0 Å². The van der Waals surface area contributed by atoms with Gasteiger partial charge in [-0.2, -0.15) is 0 Å². The predicted octanol–water partition coefficient (Wildman–Crippen LogP) is 4.93. The molecule has 0 nitrogen and oxygen atoms in total. The summed E-state index contributed by atoms with van der Waals surface area (Å²) >= 11 is 5.60. The van der Waals surface area contributed by atoms with Crippen molar-refractivity contribution in [1.82, 2.24) is 0 Å². The van der Waals surface area contributed by atoms with Crippen molar-refractivity contribution in [3.05, 3.63) is 12.2 Å². The van der Waals surface area contributed by atoms with Crippen LogP contribution in [0.3, 0.4) is 0 Å². The fourth-order valence-electron chi connectivity index (χ4n) is 1.32. The minimum absolute atomic E-state index is 0.815. The zero-order chi connectivity index (χ0) is 11.2. The van der Waals surface area contributed by atoms with Gasteiger partial charge in [-0.3, -0.25) is 0 Å².